The van der Waals surface area contributed by atoms with Gasteiger partial charge in [0.1, 0.15) is 0 Å². The first kappa shape index (κ1) is 24.5. The number of hydrogen-bond acceptors (Lipinski definition) is 3. The van der Waals surface area contributed by atoms with Gasteiger partial charge in [0, 0.05) is 38.1 Å². The van der Waals surface area contributed by atoms with E-state index in [0.717, 1.165) is 25.3 Å². The molecule has 0 bridgehead atoms. The Balaban J connectivity index is 0.00000364. The van der Waals surface area contributed by atoms with E-state index in [4.69, 9.17) is 0 Å². The first-order chi connectivity index (χ1) is 12.5. The largest absolute Gasteiger partial charge is 0.355 e. The second kappa shape index (κ2) is 12.8. The molecule has 2 aliphatic rings. The van der Waals surface area contributed by atoms with E-state index in [1.165, 1.54) is 51.6 Å². The third-order valence-corrected chi connectivity index (χ3v) is 5.82. The molecule has 1 saturated carbocycles. The SMILES string of the molecule is CN=C(NCCNC(=O)C1CCCCC1)NCC(C)(C)N1CCCCC1.I. The number of aliphatic imine (C=N–C) groups is 1. The third kappa shape index (κ3) is 8.54. The van der Waals surface area contributed by atoms with Crippen molar-refractivity contribution in [2.75, 3.05) is 39.8 Å². The van der Waals surface area contributed by atoms with Gasteiger partial charge in [-0.05, 0) is 52.6 Å². The van der Waals surface area contributed by atoms with Crippen LogP contribution in [0, 0.1) is 5.92 Å². The van der Waals surface area contributed by atoms with Crippen molar-refractivity contribution < 1.29 is 4.79 Å². The van der Waals surface area contributed by atoms with Crippen LogP contribution < -0.4 is 16.0 Å². The number of rotatable bonds is 7. The van der Waals surface area contributed by atoms with Gasteiger partial charge in [0.25, 0.3) is 0 Å². The second-order valence-electron chi connectivity index (χ2n) is 8.34. The van der Waals surface area contributed by atoms with Crippen LogP contribution in [0.3, 0.4) is 0 Å². The van der Waals surface area contributed by atoms with E-state index in [9.17, 15) is 4.79 Å². The van der Waals surface area contributed by atoms with E-state index in [2.05, 4.69) is 39.7 Å². The summed E-state index contributed by atoms with van der Waals surface area (Å²) in [6.07, 6.45) is 9.73. The summed E-state index contributed by atoms with van der Waals surface area (Å²) in [5, 5.41) is 9.82. The lowest BCUT2D eigenvalue weighted by Crippen LogP contribution is -2.55. The lowest BCUT2D eigenvalue weighted by Gasteiger charge is -2.41. The molecule has 2 fully saturated rings. The zero-order valence-corrected chi connectivity index (χ0v) is 19.8. The Labute approximate surface area is 182 Å². The number of guanidine groups is 1. The van der Waals surface area contributed by atoms with Crippen LogP contribution in [0.4, 0.5) is 0 Å². The monoisotopic (exact) mass is 493 g/mol. The highest BCUT2D eigenvalue weighted by molar-refractivity contribution is 14.0. The molecule has 0 atom stereocenters. The molecular weight excluding hydrogens is 453 g/mol. The number of amides is 1. The van der Waals surface area contributed by atoms with E-state index in [0.29, 0.717) is 13.1 Å². The number of carbonyl (C=O) groups excluding carboxylic acids is 1. The van der Waals surface area contributed by atoms with Gasteiger partial charge in [-0.15, -0.1) is 24.0 Å². The molecule has 0 aromatic heterocycles. The van der Waals surface area contributed by atoms with Gasteiger partial charge in [-0.2, -0.15) is 0 Å². The summed E-state index contributed by atoms with van der Waals surface area (Å²) < 4.78 is 0. The predicted molar refractivity (Wildman–Crippen MR) is 124 cm³/mol. The maximum Gasteiger partial charge on any atom is 0.223 e. The number of halogens is 1. The topological polar surface area (TPSA) is 68.8 Å². The zero-order valence-electron chi connectivity index (χ0n) is 17.5. The molecule has 0 aromatic carbocycles. The lowest BCUT2D eigenvalue weighted by molar-refractivity contribution is -0.125. The van der Waals surface area contributed by atoms with Crippen LogP contribution in [0.1, 0.15) is 65.2 Å². The maximum absolute atomic E-state index is 12.2. The average molecular weight is 493 g/mol. The standard InChI is InChI=1S/C20H39N5O.HI/c1-20(2,25-14-8-5-9-15-25)16-24-19(21-3)23-13-12-22-18(26)17-10-6-4-7-11-17;/h17H,4-16H2,1-3H3,(H,22,26)(H2,21,23,24);1H. The van der Waals surface area contributed by atoms with Crippen LogP contribution in [0.25, 0.3) is 0 Å². The molecule has 0 spiro atoms. The summed E-state index contributed by atoms with van der Waals surface area (Å²) in [5.74, 6) is 1.26. The minimum Gasteiger partial charge on any atom is -0.355 e. The fourth-order valence-electron chi connectivity index (χ4n) is 4.01. The summed E-state index contributed by atoms with van der Waals surface area (Å²) >= 11 is 0. The minimum atomic E-state index is 0. The van der Waals surface area contributed by atoms with Crippen LogP contribution in [0.5, 0.6) is 0 Å². The van der Waals surface area contributed by atoms with E-state index in [1.807, 2.05) is 0 Å². The van der Waals surface area contributed by atoms with Gasteiger partial charge in [-0.25, -0.2) is 0 Å². The molecule has 1 amide bonds. The third-order valence-electron chi connectivity index (χ3n) is 5.82. The number of carbonyl (C=O) groups is 1. The molecule has 1 saturated heterocycles. The Hall–Kier alpha value is -0.570. The molecule has 27 heavy (non-hydrogen) atoms. The summed E-state index contributed by atoms with van der Waals surface area (Å²) in [5.41, 5.74) is 0.118. The first-order valence-electron chi connectivity index (χ1n) is 10.5. The highest BCUT2D eigenvalue weighted by Gasteiger charge is 2.27. The van der Waals surface area contributed by atoms with E-state index >= 15 is 0 Å². The van der Waals surface area contributed by atoms with Crippen molar-refractivity contribution in [3.8, 4) is 0 Å². The molecule has 6 nitrogen and oxygen atoms in total. The van der Waals surface area contributed by atoms with Crippen LogP contribution in [-0.2, 0) is 4.79 Å². The smallest absolute Gasteiger partial charge is 0.223 e. The van der Waals surface area contributed by atoms with Crippen molar-refractivity contribution in [1.29, 1.82) is 0 Å². The summed E-state index contributed by atoms with van der Waals surface area (Å²) in [6.45, 7) is 9.17. The molecule has 0 unspecified atom stereocenters. The van der Waals surface area contributed by atoms with Crippen molar-refractivity contribution in [3.63, 3.8) is 0 Å². The number of piperidine rings is 1. The molecule has 1 aliphatic heterocycles. The highest BCUT2D eigenvalue weighted by Crippen LogP contribution is 2.23. The van der Waals surface area contributed by atoms with Gasteiger partial charge < -0.3 is 16.0 Å². The number of likely N-dealkylation sites (tertiary alicyclic amines) is 1. The molecule has 0 aromatic rings. The number of nitrogens with one attached hydrogen (secondary N) is 3. The van der Waals surface area contributed by atoms with Crippen molar-refractivity contribution in [1.82, 2.24) is 20.9 Å². The zero-order chi connectivity index (χ0) is 18.8. The Morgan fingerprint density at radius 2 is 1.56 bits per heavy atom. The van der Waals surface area contributed by atoms with Gasteiger partial charge >= 0.3 is 0 Å². The van der Waals surface area contributed by atoms with Gasteiger partial charge in [0.05, 0.1) is 0 Å². The lowest BCUT2D eigenvalue weighted by atomic mass is 9.89. The normalized spacial score (nSPS) is 19.9. The fourth-order valence-corrected chi connectivity index (χ4v) is 4.01. The molecule has 158 valence electrons. The summed E-state index contributed by atoms with van der Waals surface area (Å²) in [7, 11) is 1.80. The van der Waals surface area contributed by atoms with Gasteiger partial charge in [0.2, 0.25) is 5.91 Å². The quantitative estimate of drug-likeness (QED) is 0.221. The minimum absolute atomic E-state index is 0. The van der Waals surface area contributed by atoms with E-state index in [-0.39, 0.29) is 41.3 Å². The van der Waals surface area contributed by atoms with Gasteiger partial charge in [0.15, 0.2) is 5.96 Å². The van der Waals surface area contributed by atoms with Crippen molar-refractivity contribution in [3.05, 3.63) is 0 Å². The van der Waals surface area contributed by atoms with Gasteiger partial charge in [-0.3, -0.25) is 14.7 Å². The predicted octanol–water partition coefficient (Wildman–Crippen LogP) is 2.73. The number of hydrogen-bond donors (Lipinski definition) is 3. The van der Waals surface area contributed by atoms with Crippen molar-refractivity contribution >= 4 is 35.8 Å². The van der Waals surface area contributed by atoms with E-state index < -0.39 is 0 Å². The van der Waals surface area contributed by atoms with Crippen LogP contribution in [0.15, 0.2) is 4.99 Å². The fraction of sp³-hybridized carbons (Fsp3) is 0.900. The summed E-state index contributed by atoms with van der Waals surface area (Å²) in [6, 6.07) is 0. The molecule has 1 aliphatic carbocycles. The number of nitrogens with zero attached hydrogens (tertiary/aromatic N) is 2. The van der Waals surface area contributed by atoms with Crippen molar-refractivity contribution in [2.45, 2.75) is 70.8 Å². The van der Waals surface area contributed by atoms with Gasteiger partial charge in [-0.1, -0.05) is 25.7 Å². The Kier molecular flexibility index (Phi) is 11.6. The Bertz CT molecular complexity index is 457. The molecule has 7 heteroatoms. The van der Waals surface area contributed by atoms with Crippen LogP contribution >= 0.6 is 24.0 Å². The van der Waals surface area contributed by atoms with Crippen LogP contribution in [0.2, 0.25) is 0 Å². The first-order valence-corrected chi connectivity index (χ1v) is 10.5. The molecule has 3 N–H and O–H groups in total. The van der Waals surface area contributed by atoms with Crippen molar-refractivity contribution in [2.24, 2.45) is 10.9 Å². The average Bonchev–Trinajstić information content (AvgIpc) is 2.68. The molecule has 1 heterocycles. The Morgan fingerprint density at radius 3 is 2.19 bits per heavy atom. The Morgan fingerprint density at radius 1 is 0.963 bits per heavy atom. The maximum atomic E-state index is 12.2. The molecular formula is C20H40IN5O. The van der Waals surface area contributed by atoms with E-state index in [1.54, 1.807) is 7.05 Å². The molecule has 2 rings (SSSR count). The second-order valence-corrected chi connectivity index (χ2v) is 8.34. The highest BCUT2D eigenvalue weighted by atomic mass is 127. The molecule has 0 radical (unpaired) electrons. The van der Waals surface area contributed by atoms with Crippen LogP contribution in [-0.4, -0.2) is 62.1 Å². The summed E-state index contributed by atoms with van der Waals surface area (Å²) in [4.78, 5) is 19.0.